The minimum absolute atomic E-state index is 0.238. The quantitative estimate of drug-likeness (QED) is 0.413. The summed E-state index contributed by atoms with van der Waals surface area (Å²) < 4.78 is 4.17. The van der Waals surface area contributed by atoms with E-state index in [4.69, 9.17) is 0 Å². The topological polar surface area (TPSA) is 0 Å². The fraction of sp³-hybridized carbons (Fsp3) is 0.455. The maximum atomic E-state index is 2.47. The van der Waals surface area contributed by atoms with Gasteiger partial charge < -0.3 is 0 Å². The molecule has 0 saturated heterocycles. The molecule has 0 aliphatic carbocycles. The van der Waals surface area contributed by atoms with Gasteiger partial charge in [-0.2, -0.15) is 0 Å². The normalized spacial score (nSPS) is 11.9. The lowest BCUT2D eigenvalue weighted by Gasteiger charge is -2.24. The third-order valence-electron chi connectivity index (χ3n) is 2.15. The minimum Gasteiger partial charge on any atom is -0.0560 e. The van der Waals surface area contributed by atoms with Crippen LogP contribution >= 0.6 is 67.8 Å². The fourth-order valence-corrected chi connectivity index (χ4v) is 6.37. The van der Waals surface area contributed by atoms with Gasteiger partial charge in [0, 0.05) is 10.7 Å². The van der Waals surface area contributed by atoms with Gasteiger partial charge in [-0.25, -0.2) is 0 Å². The van der Waals surface area contributed by atoms with Crippen molar-refractivity contribution < 1.29 is 0 Å². The van der Waals surface area contributed by atoms with Gasteiger partial charge in [0.2, 0.25) is 0 Å². The molecule has 0 nitrogen and oxygen atoms in total. The van der Waals surface area contributed by atoms with Gasteiger partial charge in [0.1, 0.15) is 0 Å². The molecule has 0 N–H and O–H groups in total. The third-order valence-corrected chi connectivity index (χ3v) is 5.47. The molecule has 0 aromatic heterocycles. The first-order valence-electron chi connectivity index (χ1n) is 4.39. The molecular weight excluding hydrogens is 513 g/mol. The van der Waals surface area contributed by atoms with E-state index in [1.54, 1.807) is 0 Å². The van der Waals surface area contributed by atoms with Crippen LogP contribution in [0.5, 0.6) is 0 Å². The highest BCUT2D eigenvalue weighted by molar-refractivity contribution is 14.1. The Morgan fingerprint density at radius 3 is 1.93 bits per heavy atom. The average molecular weight is 526 g/mol. The summed E-state index contributed by atoms with van der Waals surface area (Å²) in [5, 5.41) is 0. The lowest BCUT2D eigenvalue weighted by Crippen LogP contribution is -2.16. The summed E-state index contributed by atoms with van der Waals surface area (Å²) >= 11 is 7.33. The standard InChI is InChI=1S/C11H13I3/c1-6-7(12)5-8(13)9(10(6)14)11(2,3)4/h5H,1-4H3. The van der Waals surface area contributed by atoms with Crippen molar-refractivity contribution in [3.05, 3.63) is 27.9 Å². The van der Waals surface area contributed by atoms with E-state index in [2.05, 4.69) is 102 Å². The van der Waals surface area contributed by atoms with Gasteiger partial charge in [-0.15, -0.1) is 0 Å². The van der Waals surface area contributed by atoms with E-state index in [-0.39, 0.29) is 5.41 Å². The first-order chi connectivity index (χ1) is 6.25. The Morgan fingerprint density at radius 1 is 1.00 bits per heavy atom. The first kappa shape index (κ1) is 13.5. The van der Waals surface area contributed by atoms with Gasteiger partial charge in [0.25, 0.3) is 0 Å². The van der Waals surface area contributed by atoms with E-state index in [0.717, 1.165) is 0 Å². The summed E-state index contributed by atoms with van der Waals surface area (Å²) in [4.78, 5) is 0. The second-order valence-electron chi connectivity index (χ2n) is 4.40. The predicted molar refractivity (Wildman–Crippen MR) is 88.0 cm³/mol. The molecule has 3 heteroatoms. The van der Waals surface area contributed by atoms with Gasteiger partial charge >= 0.3 is 0 Å². The van der Waals surface area contributed by atoms with Crippen molar-refractivity contribution in [1.29, 1.82) is 0 Å². The molecule has 14 heavy (non-hydrogen) atoms. The second kappa shape index (κ2) is 4.73. The van der Waals surface area contributed by atoms with Gasteiger partial charge in [-0.05, 0) is 97.3 Å². The van der Waals surface area contributed by atoms with Gasteiger partial charge in [0.15, 0.2) is 0 Å². The minimum atomic E-state index is 0.238. The molecule has 0 aliphatic heterocycles. The van der Waals surface area contributed by atoms with Gasteiger partial charge in [-0.3, -0.25) is 0 Å². The summed E-state index contributed by atoms with van der Waals surface area (Å²) in [6, 6.07) is 2.28. The highest BCUT2D eigenvalue weighted by Crippen LogP contribution is 2.35. The van der Waals surface area contributed by atoms with Crippen molar-refractivity contribution >= 4 is 67.8 Å². The maximum Gasteiger partial charge on any atom is 0.0218 e. The Labute approximate surface area is 127 Å². The van der Waals surface area contributed by atoms with E-state index in [1.807, 2.05) is 0 Å². The second-order valence-corrected chi connectivity index (χ2v) is 7.81. The maximum absolute atomic E-state index is 2.47. The Morgan fingerprint density at radius 2 is 1.50 bits per heavy atom. The van der Waals surface area contributed by atoms with E-state index in [9.17, 15) is 0 Å². The lowest BCUT2D eigenvalue weighted by atomic mass is 9.86. The smallest absolute Gasteiger partial charge is 0.0218 e. The van der Waals surface area contributed by atoms with Crippen molar-refractivity contribution in [3.8, 4) is 0 Å². The van der Waals surface area contributed by atoms with Crippen LogP contribution in [0.1, 0.15) is 31.9 Å². The summed E-state index contributed by atoms with van der Waals surface area (Å²) in [7, 11) is 0. The Bertz CT molecular complexity index is 362. The average Bonchev–Trinajstić information content (AvgIpc) is 1.97. The van der Waals surface area contributed by atoms with Crippen LogP contribution in [0, 0.1) is 17.6 Å². The summed E-state index contributed by atoms with van der Waals surface area (Å²) in [5.74, 6) is 0. The highest BCUT2D eigenvalue weighted by Gasteiger charge is 2.22. The van der Waals surface area contributed by atoms with Crippen molar-refractivity contribution in [2.24, 2.45) is 0 Å². The third kappa shape index (κ3) is 2.75. The zero-order valence-electron chi connectivity index (χ0n) is 8.71. The largest absolute Gasteiger partial charge is 0.0560 e. The summed E-state index contributed by atoms with van der Waals surface area (Å²) in [5.41, 5.74) is 3.13. The molecule has 1 rings (SSSR count). The van der Waals surface area contributed by atoms with Crippen molar-refractivity contribution in [2.45, 2.75) is 33.1 Å². The Kier molecular flexibility index (Phi) is 4.55. The molecule has 0 aliphatic rings. The number of rotatable bonds is 0. The summed E-state index contributed by atoms with van der Waals surface area (Å²) in [6.45, 7) is 9.03. The first-order valence-corrected chi connectivity index (χ1v) is 7.63. The molecule has 1 aromatic carbocycles. The molecule has 0 heterocycles. The van der Waals surface area contributed by atoms with Crippen molar-refractivity contribution in [1.82, 2.24) is 0 Å². The monoisotopic (exact) mass is 526 g/mol. The van der Waals surface area contributed by atoms with E-state index >= 15 is 0 Å². The molecule has 0 amide bonds. The van der Waals surface area contributed by atoms with E-state index < -0.39 is 0 Å². The molecule has 0 bridgehead atoms. The molecule has 0 atom stereocenters. The van der Waals surface area contributed by atoms with Crippen LogP contribution in [0.2, 0.25) is 0 Å². The number of halogens is 3. The molecule has 1 aromatic rings. The molecule has 78 valence electrons. The van der Waals surface area contributed by atoms with Crippen LogP contribution in [-0.4, -0.2) is 0 Å². The molecule has 0 spiro atoms. The van der Waals surface area contributed by atoms with Gasteiger partial charge in [-0.1, -0.05) is 20.8 Å². The molecule has 0 fully saturated rings. The molecule has 0 unspecified atom stereocenters. The zero-order valence-corrected chi connectivity index (χ0v) is 15.2. The molecule has 0 saturated carbocycles. The molecule has 0 radical (unpaired) electrons. The molecular formula is C11H13I3. The Balaban J connectivity index is 3.53. The highest BCUT2D eigenvalue weighted by atomic mass is 127. The predicted octanol–water partition coefficient (Wildman–Crippen LogP) is 5.11. The SMILES string of the molecule is Cc1c(I)cc(I)c(C(C)(C)C)c1I. The van der Waals surface area contributed by atoms with Crippen LogP contribution in [0.4, 0.5) is 0 Å². The number of benzene rings is 1. The van der Waals surface area contributed by atoms with Crippen LogP contribution in [0.3, 0.4) is 0 Å². The zero-order chi connectivity index (χ0) is 11.1. The van der Waals surface area contributed by atoms with Crippen LogP contribution in [0.15, 0.2) is 6.07 Å². The van der Waals surface area contributed by atoms with Crippen LogP contribution in [-0.2, 0) is 5.41 Å². The lowest BCUT2D eigenvalue weighted by molar-refractivity contribution is 0.582. The van der Waals surface area contributed by atoms with Crippen molar-refractivity contribution in [2.75, 3.05) is 0 Å². The van der Waals surface area contributed by atoms with Gasteiger partial charge in [0.05, 0.1) is 0 Å². The number of hydrogen-bond donors (Lipinski definition) is 0. The van der Waals surface area contributed by atoms with E-state index in [1.165, 1.54) is 21.8 Å². The fourth-order valence-electron chi connectivity index (χ4n) is 1.38. The number of hydrogen-bond acceptors (Lipinski definition) is 0. The van der Waals surface area contributed by atoms with Crippen molar-refractivity contribution in [3.63, 3.8) is 0 Å². The van der Waals surface area contributed by atoms with E-state index in [0.29, 0.717) is 0 Å². The van der Waals surface area contributed by atoms with Crippen LogP contribution in [0.25, 0.3) is 0 Å². The van der Waals surface area contributed by atoms with Crippen LogP contribution < -0.4 is 0 Å². The Hall–Kier alpha value is 1.41. The summed E-state index contributed by atoms with van der Waals surface area (Å²) in [6.07, 6.45) is 0.